The summed E-state index contributed by atoms with van der Waals surface area (Å²) >= 11 is 1.65. The molecule has 0 bridgehead atoms. The van der Waals surface area contributed by atoms with Crippen molar-refractivity contribution in [2.45, 2.75) is 18.0 Å². The minimum atomic E-state index is -0.133. The van der Waals surface area contributed by atoms with E-state index in [1.54, 1.807) is 28.3 Å². The molecule has 0 atom stereocenters. The maximum atomic E-state index is 11.1. The van der Waals surface area contributed by atoms with Crippen LogP contribution in [0.4, 0.5) is 0 Å². The van der Waals surface area contributed by atoms with Gasteiger partial charge in [0.15, 0.2) is 5.16 Å². The lowest BCUT2D eigenvalue weighted by Gasteiger charge is -2.10. The van der Waals surface area contributed by atoms with Crippen molar-refractivity contribution in [1.82, 2.24) is 14.8 Å². The largest absolute Gasteiger partial charge is 0.343 e. The van der Waals surface area contributed by atoms with E-state index in [0.29, 0.717) is 0 Å². The second kappa shape index (κ2) is 4.85. The first-order valence-electron chi connectivity index (χ1n) is 5.35. The third-order valence-electron chi connectivity index (χ3n) is 2.84. The quantitative estimate of drug-likeness (QED) is 0.643. The molecule has 84 valence electrons. The van der Waals surface area contributed by atoms with Gasteiger partial charge in [-0.25, -0.2) is 9.89 Å². The summed E-state index contributed by atoms with van der Waals surface area (Å²) < 4.78 is 1.56. The Morgan fingerprint density at radius 1 is 1.53 bits per heavy atom. The number of hydrogen-bond acceptors (Lipinski definition) is 3. The van der Waals surface area contributed by atoms with Gasteiger partial charge >= 0.3 is 5.69 Å². The summed E-state index contributed by atoms with van der Waals surface area (Å²) in [6.07, 6.45) is 2.72. The molecule has 2 N–H and O–H groups in total. The van der Waals surface area contributed by atoms with Crippen LogP contribution in [0.2, 0.25) is 0 Å². The van der Waals surface area contributed by atoms with Crippen molar-refractivity contribution in [3.8, 4) is 0 Å². The highest BCUT2D eigenvalue weighted by atomic mass is 32.2. The van der Waals surface area contributed by atoms with Gasteiger partial charge in [0.1, 0.15) is 0 Å². The monoisotopic (exact) mass is 229 g/mol. The van der Waals surface area contributed by atoms with Gasteiger partial charge in [0.05, 0.1) is 25.4 Å². The second-order valence-electron chi connectivity index (χ2n) is 3.93. The predicted octanol–water partition coefficient (Wildman–Crippen LogP) is -1.12. The molecule has 1 aromatic rings. The van der Waals surface area contributed by atoms with Crippen molar-refractivity contribution >= 4 is 11.8 Å². The predicted molar refractivity (Wildman–Crippen MR) is 59.4 cm³/mol. The molecule has 0 aromatic carbocycles. The summed E-state index contributed by atoms with van der Waals surface area (Å²) in [5.41, 5.74) is -0.133. The summed E-state index contributed by atoms with van der Waals surface area (Å²) in [4.78, 5) is 12.8. The zero-order valence-corrected chi connectivity index (χ0v) is 9.77. The molecule has 1 saturated heterocycles. The molecule has 1 fully saturated rings. The van der Waals surface area contributed by atoms with Gasteiger partial charge in [-0.1, -0.05) is 11.8 Å². The topological polar surface area (TPSA) is 55.1 Å². The van der Waals surface area contributed by atoms with Crippen LogP contribution >= 0.6 is 11.8 Å². The molecule has 0 amide bonds. The van der Waals surface area contributed by atoms with Crippen molar-refractivity contribution in [3.05, 3.63) is 10.5 Å². The Kier molecular flexibility index (Phi) is 3.48. The number of nitrogens with zero attached hydrogens (tertiary/aromatic N) is 2. The van der Waals surface area contributed by atoms with Gasteiger partial charge in [-0.2, -0.15) is 0 Å². The van der Waals surface area contributed by atoms with Crippen LogP contribution in [0.5, 0.6) is 0 Å². The zero-order valence-electron chi connectivity index (χ0n) is 8.95. The van der Waals surface area contributed by atoms with Crippen LogP contribution in [0.1, 0.15) is 12.8 Å². The molecule has 2 heterocycles. The second-order valence-corrected chi connectivity index (χ2v) is 4.99. The Morgan fingerprint density at radius 3 is 2.87 bits per heavy atom. The summed E-state index contributed by atoms with van der Waals surface area (Å²) in [5, 5.41) is 7.19. The van der Waals surface area contributed by atoms with E-state index in [4.69, 9.17) is 0 Å². The minimum Gasteiger partial charge on any atom is -0.334 e. The number of likely N-dealkylation sites (tertiary alicyclic amines) is 1. The van der Waals surface area contributed by atoms with Crippen molar-refractivity contribution < 1.29 is 4.90 Å². The Hall–Kier alpha value is -0.750. The Labute approximate surface area is 92.9 Å². The van der Waals surface area contributed by atoms with E-state index >= 15 is 0 Å². The van der Waals surface area contributed by atoms with Crippen LogP contribution in [0.3, 0.4) is 0 Å². The van der Waals surface area contributed by atoms with Crippen LogP contribution in [0, 0.1) is 0 Å². The average Bonchev–Trinajstić information content (AvgIpc) is 2.83. The fourth-order valence-electron chi connectivity index (χ4n) is 1.87. The molecule has 0 spiro atoms. The normalized spacial score (nSPS) is 17.4. The number of hydrogen-bond donors (Lipinski definition) is 2. The van der Waals surface area contributed by atoms with Crippen molar-refractivity contribution in [2.75, 3.05) is 25.4 Å². The van der Waals surface area contributed by atoms with Crippen LogP contribution in [-0.4, -0.2) is 40.2 Å². The molecule has 0 saturated carbocycles. The van der Waals surface area contributed by atoms with Gasteiger partial charge in [0.2, 0.25) is 0 Å². The Bertz CT molecular complexity index is 366. The van der Waals surface area contributed by atoms with Crippen molar-refractivity contribution in [1.29, 1.82) is 0 Å². The van der Waals surface area contributed by atoms with E-state index in [2.05, 4.69) is 10.2 Å². The molecule has 15 heavy (non-hydrogen) atoms. The summed E-state index contributed by atoms with van der Waals surface area (Å²) in [6.45, 7) is 3.78. The first-order valence-corrected chi connectivity index (χ1v) is 6.33. The minimum absolute atomic E-state index is 0.133. The summed E-state index contributed by atoms with van der Waals surface area (Å²) in [7, 11) is 1.75. The van der Waals surface area contributed by atoms with Crippen molar-refractivity contribution in [3.63, 3.8) is 0 Å². The van der Waals surface area contributed by atoms with E-state index in [1.165, 1.54) is 32.5 Å². The van der Waals surface area contributed by atoms with Crippen LogP contribution in [-0.2, 0) is 7.05 Å². The lowest BCUT2D eigenvalue weighted by molar-refractivity contribution is -0.884. The fourth-order valence-corrected chi connectivity index (χ4v) is 2.83. The number of aromatic amines is 1. The van der Waals surface area contributed by atoms with Gasteiger partial charge < -0.3 is 4.90 Å². The van der Waals surface area contributed by atoms with E-state index in [-0.39, 0.29) is 5.69 Å². The molecular weight excluding hydrogens is 212 g/mol. The Morgan fingerprint density at radius 2 is 2.27 bits per heavy atom. The summed E-state index contributed by atoms with van der Waals surface area (Å²) in [6, 6.07) is 0. The van der Waals surface area contributed by atoms with E-state index < -0.39 is 0 Å². The molecule has 5 nitrogen and oxygen atoms in total. The number of aromatic nitrogens is 3. The van der Waals surface area contributed by atoms with Gasteiger partial charge in [0, 0.05) is 19.9 Å². The number of thioether (sulfide) groups is 1. The zero-order chi connectivity index (χ0) is 10.7. The maximum absolute atomic E-state index is 11.1. The van der Waals surface area contributed by atoms with Crippen LogP contribution in [0.15, 0.2) is 9.95 Å². The molecule has 2 rings (SSSR count). The molecule has 1 aromatic heterocycles. The van der Waals surface area contributed by atoms with Gasteiger partial charge in [0.25, 0.3) is 0 Å². The molecular formula is C9H17N4OS+. The maximum Gasteiger partial charge on any atom is 0.343 e. The summed E-state index contributed by atoms with van der Waals surface area (Å²) in [5.74, 6) is 1.04. The third kappa shape index (κ3) is 2.63. The Balaban J connectivity index is 1.78. The highest BCUT2D eigenvalue weighted by Crippen LogP contribution is 2.09. The van der Waals surface area contributed by atoms with Gasteiger partial charge in [-0.05, 0) is 0 Å². The molecule has 0 radical (unpaired) electrons. The van der Waals surface area contributed by atoms with Crippen LogP contribution < -0.4 is 10.6 Å². The molecule has 6 heteroatoms. The lowest BCUT2D eigenvalue weighted by atomic mass is 10.4. The van der Waals surface area contributed by atoms with Gasteiger partial charge in [-0.15, -0.1) is 5.10 Å². The van der Waals surface area contributed by atoms with E-state index in [9.17, 15) is 4.79 Å². The number of nitrogens with one attached hydrogen (secondary N) is 2. The fraction of sp³-hybridized carbons (Fsp3) is 0.778. The van der Waals surface area contributed by atoms with Gasteiger partial charge in [-0.3, -0.25) is 4.57 Å². The van der Waals surface area contributed by atoms with Crippen LogP contribution in [0.25, 0.3) is 0 Å². The lowest BCUT2D eigenvalue weighted by Crippen LogP contribution is -3.10. The highest BCUT2D eigenvalue weighted by Gasteiger charge is 2.15. The number of rotatable bonds is 4. The SMILES string of the molecule is Cn1c(SCC[NH+]2CCCC2)n[nH]c1=O. The first kappa shape index (κ1) is 10.8. The smallest absolute Gasteiger partial charge is 0.334 e. The molecule has 0 unspecified atom stereocenters. The molecule has 0 aliphatic carbocycles. The highest BCUT2D eigenvalue weighted by molar-refractivity contribution is 7.99. The number of quaternary nitrogens is 1. The standard InChI is InChI=1S/C9H16N4OS/c1-12-8(14)10-11-9(12)15-7-6-13-4-2-3-5-13/h2-7H2,1H3,(H,10,14)/p+1. The van der Waals surface area contributed by atoms with E-state index in [0.717, 1.165) is 10.9 Å². The first-order chi connectivity index (χ1) is 7.27. The third-order valence-corrected chi connectivity index (χ3v) is 3.87. The molecule has 1 aliphatic heterocycles. The average molecular weight is 229 g/mol. The number of H-pyrrole nitrogens is 1. The molecule has 1 aliphatic rings. The van der Waals surface area contributed by atoms with Crippen molar-refractivity contribution in [2.24, 2.45) is 7.05 Å². The van der Waals surface area contributed by atoms with E-state index in [1.807, 2.05) is 0 Å².